The van der Waals surface area contributed by atoms with Gasteiger partial charge in [-0.15, -0.1) is 4.79 Å². The molecule has 0 amide bonds. The smallest absolute Gasteiger partial charge is 0.435 e. The molecule has 1 rings (SSSR count). The molecule has 11 heavy (non-hydrogen) atoms. The van der Waals surface area contributed by atoms with E-state index in [0.717, 1.165) is 5.56 Å². The molecule has 0 aliphatic carbocycles. The Morgan fingerprint density at radius 3 is 2.45 bits per heavy atom. The van der Waals surface area contributed by atoms with Gasteiger partial charge in [-0.3, -0.25) is 0 Å². The first kappa shape index (κ1) is 7.51. The van der Waals surface area contributed by atoms with Crippen LogP contribution in [0.15, 0.2) is 30.3 Å². The van der Waals surface area contributed by atoms with Crippen molar-refractivity contribution in [2.75, 3.05) is 7.11 Å². The molecule has 0 radical (unpaired) electrons. The Kier molecular flexibility index (Phi) is 2.42. The molecule has 56 valence electrons. The zero-order chi connectivity index (χ0) is 8.10. The number of nitrogens with zero attached hydrogens (tertiary/aromatic N) is 2. The molecule has 0 unspecified atom stereocenters. The van der Waals surface area contributed by atoms with Crippen LogP contribution in [0.4, 0.5) is 0 Å². The van der Waals surface area contributed by atoms with Crippen molar-refractivity contribution in [3.8, 4) is 0 Å². The molecular weight excluding hydrogens is 140 g/mol. The zero-order valence-corrected chi connectivity index (χ0v) is 6.19. The van der Waals surface area contributed by atoms with Gasteiger partial charge in [0.25, 0.3) is 0 Å². The van der Waals surface area contributed by atoms with Crippen LogP contribution in [0.1, 0.15) is 5.56 Å². The Hall–Kier alpha value is -1.60. The summed E-state index contributed by atoms with van der Waals surface area (Å²) in [5.41, 5.74) is 9.20. The van der Waals surface area contributed by atoms with E-state index in [0.29, 0.717) is 0 Å². The Morgan fingerprint density at radius 1 is 1.36 bits per heavy atom. The van der Waals surface area contributed by atoms with E-state index in [2.05, 4.69) is 4.79 Å². The van der Waals surface area contributed by atoms with Gasteiger partial charge >= 0.3 is 5.90 Å². The number of benzene rings is 1. The van der Waals surface area contributed by atoms with Gasteiger partial charge in [-0.25, -0.2) is 0 Å². The molecular formula is C8H8N2O. The van der Waals surface area contributed by atoms with Crippen LogP contribution in [-0.4, -0.2) is 17.8 Å². The molecule has 0 saturated heterocycles. The van der Waals surface area contributed by atoms with E-state index >= 15 is 0 Å². The second-order valence-corrected chi connectivity index (χ2v) is 1.98. The van der Waals surface area contributed by atoms with Crippen molar-refractivity contribution in [1.29, 1.82) is 0 Å². The highest BCUT2D eigenvalue weighted by Crippen LogP contribution is 1.98. The fourth-order valence-electron chi connectivity index (χ4n) is 0.797. The minimum atomic E-state index is 0.227. The van der Waals surface area contributed by atoms with Gasteiger partial charge in [0.2, 0.25) is 0 Å². The Labute approximate surface area is 64.9 Å². The highest BCUT2D eigenvalue weighted by molar-refractivity contribution is 5.89. The fraction of sp³-hybridized carbons (Fsp3) is 0.125. The number of hydrogen-bond donors (Lipinski definition) is 0. The second-order valence-electron chi connectivity index (χ2n) is 1.98. The molecule has 0 heterocycles. The second kappa shape index (κ2) is 3.54. The summed E-state index contributed by atoms with van der Waals surface area (Å²) in [5.74, 6) is 0.227. The lowest BCUT2D eigenvalue weighted by atomic mass is 10.2. The topological polar surface area (TPSA) is 45.6 Å². The van der Waals surface area contributed by atoms with Gasteiger partial charge in [0.1, 0.15) is 5.56 Å². The molecule has 0 aliphatic heterocycles. The first-order valence-corrected chi connectivity index (χ1v) is 3.20. The summed E-state index contributed by atoms with van der Waals surface area (Å²) in [6.45, 7) is 0. The summed E-state index contributed by atoms with van der Waals surface area (Å²) >= 11 is 0. The van der Waals surface area contributed by atoms with Gasteiger partial charge in [0.15, 0.2) is 0 Å². The third kappa shape index (κ3) is 1.66. The van der Waals surface area contributed by atoms with Gasteiger partial charge in [-0.1, -0.05) is 18.2 Å². The van der Waals surface area contributed by atoms with E-state index in [-0.39, 0.29) is 5.90 Å². The predicted octanol–water partition coefficient (Wildman–Crippen LogP) is 1.31. The molecule has 0 aliphatic rings. The Balaban J connectivity index is 3.02. The van der Waals surface area contributed by atoms with E-state index in [4.69, 9.17) is 10.3 Å². The van der Waals surface area contributed by atoms with Crippen molar-refractivity contribution in [1.82, 2.24) is 0 Å². The molecule has 3 heteroatoms. The van der Waals surface area contributed by atoms with Crippen molar-refractivity contribution in [3.05, 3.63) is 41.4 Å². The maximum absolute atomic E-state index is 8.44. The maximum Gasteiger partial charge on any atom is 0.482 e. The summed E-state index contributed by atoms with van der Waals surface area (Å²) < 4.78 is 4.79. The first-order chi connectivity index (χ1) is 5.38. The summed E-state index contributed by atoms with van der Waals surface area (Å²) in [6.07, 6.45) is 0. The van der Waals surface area contributed by atoms with Gasteiger partial charge < -0.3 is 10.3 Å². The summed E-state index contributed by atoms with van der Waals surface area (Å²) in [6, 6.07) is 9.18. The van der Waals surface area contributed by atoms with Crippen molar-refractivity contribution in [3.63, 3.8) is 0 Å². The molecule has 0 atom stereocenters. The minimum Gasteiger partial charge on any atom is -0.435 e. The van der Waals surface area contributed by atoms with E-state index in [1.54, 1.807) is 12.1 Å². The number of hydrogen-bond acceptors (Lipinski definition) is 1. The Morgan fingerprint density at radius 2 is 2.00 bits per heavy atom. The highest BCUT2D eigenvalue weighted by Gasteiger charge is 2.08. The number of rotatable bonds is 1. The van der Waals surface area contributed by atoms with Crippen molar-refractivity contribution >= 4 is 5.90 Å². The summed E-state index contributed by atoms with van der Waals surface area (Å²) in [4.78, 5) is 2.97. The molecule has 0 saturated carbocycles. The molecule has 0 spiro atoms. The molecule has 0 bridgehead atoms. The van der Waals surface area contributed by atoms with Crippen LogP contribution < -0.4 is 0 Å². The molecule has 3 nitrogen and oxygen atoms in total. The van der Waals surface area contributed by atoms with Crippen LogP contribution in [0.2, 0.25) is 0 Å². The third-order valence-electron chi connectivity index (χ3n) is 1.30. The average molecular weight is 148 g/mol. The van der Waals surface area contributed by atoms with Crippen molar-refractivity contribution < 1.29 is 9.53 Å². The van der Waals surface area contributed by atoms with Crippen molar-refractivity contribution in [2.45, 2.75) is 0 Å². The molecule has 1 aromatic carbocycles. The Bertz CT molecular complexity index is 275. The van der Waals surface area contributed by atoms with Crippen LogP contribution in [-0.2, 0) is 4.74 Å². The van der Waals surface area contributed by atoms with Crippen LogP contribution in [0, 0.1) is 0 Å². The van der Waals surface area contributed by atoms with Gasteiger partial charge in [0, 0.05) is 0 Å². The summed E-state index contributed by atoms with van der Waals surface area (Å²) in [5, 5.41) is 0. The van der Waals surface area contributed by atoms with Gasteiger partial charge in [-0.05, 0) is 12.1 Å². The zero-order valence-electron chi connectivity index (χ0n) is 6.19. The van der Waals surface area contributed by atoms with Crippen LogP contribution in [0.25, 0.3) is 5.53 Å². The highest BCUT2D eigenvalue weighted by atomic mass is 16.5. The van der Waals surface area contributed by atoms with Gasteiger partial charge in [-0.2, -0.15) is 0 Å². The summed E-state index contributed by atoms with van der Waals surface area (Å²) in [7, 11) is 1.46. The van der Waals surface area contributed by atoms with E-state index in [1.807, 2.05) is 18.2 Å². The maximum atomic E-state index is 8.44. The fourth-order valence-corrected chi connectivity index (χ4v) is 0.797. The molecule has 0 fully saturated rings. The van der Waals surface area contributed by atoms with Crippen LogP contribution in [0.5, 0.6) is 0 Å². The SMILES string of the molecule is COC(=[N+]=[N-])c1ccccc1. The monoisotopic (exact) mass is 148 g/mol. The number of methoxy groups -OCH3 is 1. The molecule has 0 N–H and O–H groups in total. The number of ether oxygens (including phenoxy) is 1. The minimum absolute atomic E-state index is 0.227. The lowest BCUT2D eigenvalue weighted by molar-refractivity contribution is -0.0334. The largest absolute Gasteiger partial charge is 0.482 e. The van der Waals surface area contributed by atoms with E-state index in [9.17, 15) is 0 Å². The lowest BCUT2D eigenvalue weighted by Gasteiger charge is -1.91. The molecule has 1 aromatic rings. The predicted molar refractivity (Wildman–Crippen MR) is 41.2 cm³/mol. The van der Waals surface area contributed by atoms with Crippen LogP contribution >= 0.6 is 0 Å². The lowest BCUT2D eigenvalue weighted by Crippen LogP contribution is -2.03. The van der Waals surface area contributed by atoms with Gasteiger partial charge in [0.05, 0.1) is 7.11 Å². The standard InChI is InChI=1S/C8H8N2O/c1-11-8(10-9)7-5-3-2-4-6-7/h2-6H,1H3. The van der Waals surface area contributed by atoms with Crippen molar-refractivity contribution in [2.24, 2.45) is 0 Å². The van der Waals surface area contributed by atoms with E-state index < -0.39 is 0 Å². The molecule has 0 aromatic heterocycles. The first-order valence-electron chi connectivity index (χ1n) is 3.20. The third-order valence-corrected chi connectivity index (χ3v) is 1.30. The average Bonchev–Trinajstić information content (AvgIpc) is 2.09. The normalized spacial score (nSPS) is 8.45. The quantitative estimate of drug-likeness (QED) is 0.256. The van der Waals surface area contributed by atoms with Crippen LogP contribution in [0.3, 0.4) is 0 Å². The van der Waals surface area contributed by atoms with E-state index in [1.165, 1.54) is 7.11 Å².